The van der Waals surface area contributed by atoms with Crippen molar-refractivity contribution in [2.24, 2.45) is 0 Å². The molecule has 0 aliphatic heterocycles. The number of halogens is 2. The van der Waals surface area contributed by atoms with E-state index in [0.29, 0.717) is 22.5 Å². The van der Waals surface area contributed by atoms with Gasteiger partial charge < -0.3 is 0 Å². The predicted molar refractivity (Wildman–Crippen MR) is 50.9 cm³/mol. The molecule has 0 bridgehead atoms. The van der Waals surface area contributed by atoms with E-state index in [-0.39, 0.29) is 5.82 Å². The first-order valence-electron chi connectivity index (χ1n) is 3.72. The average molecular weight is 199 g/mol. The molecule has 0 atom stereocenters. The van der Waals surface area contributed by atoms with Gasteiger partial charge in [-0.2, -0.15) is 0 Å². The van der Waals surface area contributed by atoms with Gasteiger partial charge in [0, 0.05) is 5.57 Å². The van der Waals surface area contributed by atoms with Crippen LogP contribution in [0, 0.1) is 5.82 Å². The van der Waals surface area contributed by atoms with E-state index >= 15 is 0 Å². The van der Waals surface area contributed by atoms with E-state index in [1.165, 1.54) is 24.3 Å². The zero-order valence-corrected chi connectivity index (χ0v) is 7.81. The smallest absolute Gasteiger partial charge is 0.147 e. The Morgan fingerprint density at radius 2 is 1.92 bits per heavy atom. The maximum atomic E-state index is 12.5. The Balaban J connectivity index is 3.09. The SMILES string of the molecule is C/C(C=O)=C(\Cl)c1ccc(F)cc1. The molecule has 1 rings (SSSR count). The van der Waals surface area contributed by atoms with E-state index in [0.717, 1.165) is 0 Å². The van der Waals surface area contributed by atoms with Gasteiger partial charge in [0.15, 0.2) is 0 Å². The first-order chi connectivity index (χ1) is 6.15. The van der Waals surface area contributed by atoms with Gasteiger partial charge in [0.25, 0.3) is 0 Å². The topological polar surface area (TPSA) is 17.1 Å². The molecule has 0 heterocycles. The lowest BCUT2D eigenvalue weighted by Crippen LogP contribution is -1.84. The number of carbonyl (C=O) groups is 1. The molecule has 1 nitrogen and oxygen atoms in total. The Hall–Kier alpha value is -1.15. The van der Waals surface area contributed by atoms with Crippen LogP contribution in [0.25, 0.3) is 5.03 Å². The largest absolute Gasteiger partial charge is 0.298 e. The molecule has 1 aromatic carbocycles. The number of rotatable bonds is 2. The molecule has 0 spiro atoms. The second-order valence-electron chi connectivity index (χ2n) is 2.62. The Bertz CT molecular complexity index is 340. The molecule has 0 unspecified atom stereocenters. The molecular weight excluding hydrogens is 191 g/mol. The van der Waals surface area contributed by atoms with Crippen LogP contribution < -0.4 is 0 Å². The van der Waals surface area contributed by atoms with Crippen LogP contribution in [0.15, 0.2) is 29.8 Å². The molecule has 3 heteroatoms. The summed E-state index contributed by atoms with van der Waals surface area (Å²) in [6, 6.07) is 5.67. The van der Waals surface area contributed by atoms with E-state index in [2.05, 4.69) is 0 Å². The van der Waals surface area contributed by atoms with E-state index < -0.39 is 0 Å². The van der Waals surface area contributed by atoms with Gasteiger partial charge in [-0.3, -0.25) is 4.79 Å². The van der Waals surface area contributed by atoms with Crippen molar-refractivity contribution in [2.75, 3.05) is 0 Å². The predicted octanol–water partition coefficient (Wildman–Crippen LogP) is 2.99. The summed E-state index contributed by atoms with van der Waals surface area (Å²) in [6.45, 7) is 1.61. The molecule has 0 aliphatic rings. The Labute approximate surface area is 80.8 Å². The molecule has 1 aromatic rings. The molecule has 68 valence electrons. The number of aldehydes is 1. The summed E-state index contributed by atoms with van der Waals surface area (Å²) in [5.41, 5.74) is 1.08. The molecule has 0 saturated carbocycles. The molecule has 13 heavy (non-hydrogen) atoms. The van der Waals surface area contributed by atoms with Gasteiger partial charge in [0.1, 0.15) is 12.1 Å². The van der Waals surface area contributed by atoms with Crippen molar-refractivity contribution in [2.45, 2.75) is 6.92 Å². The van der Waals surface area contributed by atoms with Gasteiger partial charge in [-0.15, -0.1) is 0 Å². The highest BCUT2D eigenvalue weighted by Crippen LogP contribution is 2.21. The van der Waals surface area contributed by atoms with Gasteiger partial charge >= 0.3 is 0 Å². The number of hydrogen-bond acceptors (Lipinski definition) is 1. The van der Waals surface area contributed by atoms with Gasteiger partial charge in [-0.25, -0.2) is 4.39 Å². The normalized spacial score (nSPS) is 12.2. The summed E-state index contributed by atoms with van der Waals surface area (Å²) in [4.78, 5) is 10.4. The quantitative estimate of drug-likeness (QED) is 0.528. The highest BCUT2D eigenvalue weighted by molar-refractivity contribution is 6.50. The fraction of sp³-hybridized carbons (Fsp3) is 0.100. The summed E-state index contributed by atoms with van der Waals surface area (Å²) >= 11 is 5.84. The summed E-state index contributed by atoms with van der Waals surface area (Å²) in [6.07, 6.45) is 0.672. The minimum absolute atomic E-state index is 0.322. The fourth-order valence-corrected chi connectivity index (χ4v) is 1.05. The molecular formula is C10H8ClFO. The number of carbonyl (C=O) groups excluding carboxylic acids is 1. The summed E-state index contributed by atoms with van der Waals surface area (Å²) < 4.78 is 12.5. The Kier molecular flexibility index (Phi) is 3.20. The first-order valence-corrected chi connectivity index (χ1v) is 4.10. The fourth-order valence-electron chi connectivity index (χ4n) is 0.876. The zero-order chi connectivity index (χ0) is 9.84. The highest BCUT2D eigenvalue weighted by Gasteiger charge is 2.01. The van der Waals surface area contributed by atoms with Crippen LogP contribution in [-0.4, -0.2) is 6.29 Å². The number of allylic oxidation sites excluding steroid dienone is 1. The standard InChI is InChI=1S/C10H8ClFO/c1-7(6-13)10(11)8-2-4-9(12)5-3-8/h2-6H,1H3/b10-7+. The van der Waals surface area contributed by atoms with Gasteiger partial charge in [-0.1, -0.05) is 23.7 Å². The van der Waals surface area contributed by atoms with Crippen molar-refractivity contribution in [1.29, 1.82) is 0 Å². The maximum absolute atomic E-state index is 12.5. The molecule has 0 N–H and O–H groups in total. The summed E-state index contributed by atoms with van der Waals surface area (Å²) in [7, 11) is 0. The number of benzene rings is 1. The van der Waals surface area contributed by atoms with Crippen molar-refractivity contribution in [3.63, 3.8) is 0 Å². The summed E-state index contributed by atoms with van der Waals surface area (Å²) in [5, 5.41) is 0.356. The van der Waals surface area contributed by atoms with Crippen LogP contribution in [0.2, 0.25) is 0 Å². The third-order valence-electron chi connectivity index (χ3n) is 1.62. The van der Waals surface area contributed by atoms with Crippen molar-refractivity contribution >= 4 is 22.9 Å². The third kappa shape index (κ3) is 2.39. The van der Waals surface area contributed by atoms with Crippen LogP contribution in [-0.2, 0) is 4.79 Å². The molecule has 0 saturated heterocycles. The van der Waals surface area contributed by atoms with Crippen molar-refractivity contribution < 1.29 is 9.18 Å². The van der Waals surface area contributed by atoms with Crippen molar-refractivity contribution in [1.82, 2.24) is 0 Å². The third-order valence-corrected chi connectivity index (χ3v) is 2.14. The van der Waals surface area contributed by atoms with Crippen LogP contribution in [0.4, 0.5) is 4.39 Å². The molecule has 0 radical (unpaired) electrons. The van der Waals surface area contributed by atoms with Crippen LogP contribution in [0.5, 0.6) is 0 Å². The Morgan fingerprint density at radius 1 is 1.38 bits per heavy atom. The lowest BCUT2D eigenvalue weighted by Gasteiger charge is -1.99. The second kappa shape index (κ2) is 4.19. The summed E-state index contributed by atoms with van der Waals surface area (Å²) in [5.74, 6) is -0.322. The van der Waals surface area contributed by atoms with Crippen LogP contribution in [0.3, 0.4) is 0 Å². The first kappa shape index (κ1) is 9.93. The Morgan fingerprint density at radius 3 is 2.38 bits per heavy atom. The van der Waals surface area contributed by atoms with E-state index in [9.17, 15) is 9.18 Å². The van der Waals surface area contributed by atoms with E-state index in [1.807, 2.05) is 0 Å². The molecule has 0 aromatic heterocycles. The lowest BCUT2D eigenvalue weighted by molar-refractivity contribution is -0.104. The molecule has 0 aliphatic carbocycles. The second-order valence-corrected chi connectivity index (χ2v) is 3.00. The lowest BCUT2D eigenvalue weighted by atomic mass is 10.1. The van der Waals surface area contributed by atoms with Crippen molar-refractivity contribution in [3.05, 3.63) is 41.2 Å². The molecule has 0 amide bonds. The minimum atomic E-state index is -0.322. The monoisotopic (exact) mass is 198 g/mol. The maximum Gasteiger partial charge on any atom is 0.147 e. The van der Waals surface area contributed by atoms with Gasteiger partial charge in [0.05, 0.1) is 5.03 Å². The molecule has 0 fully saturated rings. The van der Waals surface area contributed by atoms with E-state index in [1.54, 1.807) is 6.92 Å². The number of hydrogen-bond donors (Lipinski definition) is 0. The average Bonchev–Trinajstić information content (AvgIpc) is 2.17. The zero-order valence-electron chi connectivity index (χ0n) is 7.05. The van der Waals surface area contributed by atoms with E-state index in [4.69, 9.17) is 11.6 Å². The van der Waals surface area contributed by atoms with Gasteiger partial charge in [-0.05, 0) is 24.6 Å². The van der Waals surface area contributed by atoms with Gasteiger partial charge in [0.2, 0.25) is 0 Å². The van der Waals surface area contributed by atoms with Crippen molar-refractivity contribution in [3.8, 4) is 0 Å². The van der Waals surface area contributed by atoms with Crippen LogP contribution in [0.1, 0.15) is 12.5 Å². The minimum Gasteiger partial charge on any atom is -0.298 e. The highest BCUT2D eigenvalue weighted by atomic mass is 35.5. The van der Waals surface area contributed by atoms with Crippen LogP contribution >= 0.6 is 11.6 Å².